The first-order valence-electron chi connectivity index (χ1n) is 7.58. The van der Waals surface area contributed by atoms with Crippen LogP contribution in [0.15, 0.2) is 42.6 Å². The summed E-state index contributed by atoms with van der Waals surface area (Å²) < 4.78 is 11.2. The van der Waals surface area contributed by atoms with Gasteiger partial charge in [0.15, 0.2) is 0 Å². The molecule has 2 rings (SSSR count). The molecule has 122 valence electrons. The van der Waals surface area contributed by atoms with E-state index in [4.69, 9.17) is 9.47 Å². The molecular formula is C18H22N2O3. The third-order valence-corrected chi connectivity index (χ3v) is 3.12. The normalized spacial score (nSPS) is 12.5. The van der Waals surface area contributed by atoms with E-state index in [1.165, 1.54) is 0 Å². The number of esters is 1. The summed E-state index contributed by atoms with van der Waals surface area (Å²) in [6.45, 7) is 7.65. The van der Waals surface area contributed by atoms with Crippen LogP contribution in [0.3, 0.4) is 0 Å². The Morgan fingerprint density at radius 2 is 1.87 bits per heavy atom. The molecule has 0 saturated heterocycles. The summed E-state index contributed by atoms with van der Waals surface area (Å²) in [6, 6.07) is 11.5. The second-order valence-electron chi connectivity index (χ2n) is 6.31. The zero-order chi connectivity index (χ0) is 16.9. The zero-order valence-corrected chi connectivity index (χ0v) is 13.9. The Kier molecular flexibility index (Phi) is 5.32. The first-order chi connectivity index (χ1) is 10.9. The van der Waals surface area contributed by atoms with Gasteiger partial charge in [0.2, 0.25) is 0 Å². The van der Waals surface area contributed by atoms with Crippen molar-refractivity contribution in [1.82, 2.24) is 10.2 Å². The van der Waals surface area contributed by atoms with Gasteiger partial charge in [-0.05, 0) is 33.3 Å². The third kappa shape index (κ3) is 5.06. The lowest BCUT2D eigenvalue weighted by molar-refractivity contribution is -0.156. The van der Waals surface area contributed by atoms with E-state index < -0.39 is 11.5 Å². The van der Waals surface area contributed by atoms with Crippen molar-refractivity contribution < 1.29 is 14.3 Å². The van der Waals surface area contributed by atoms with E-state index >= 15 is 0 Å². The molecule has 1 heterocycles. The topological polar surface area (TPSA) is 61.3 Å². The van der Waals surface area contributed by atoms with E-state index in [1.807, 2.05) is 51.1 Å². The molecule has 23 heavy (non-hydrogen) atoms. The van der Waals surface area contributed by atoms with Crippen LogP contribution in [-0.2, 0) is 16.1 Å². The molecule has 0 N–H and O–H groups in total. The molecule has 0 radical (unpaired) electrons. The van der Waals surface area contributed by atoms with E-state index in [0.29, 0.717) is 18.1 Å². The predicted molar refractivity (Wildman–Crippen MR) is 87.1 cm³/mol. The molecule has 0 bridgehead atoms. The van der Waals surface area contributed by atoms with E-state index in [-0.39, 0.29) is 5.97 Å². The van der Waals surface area contributed by atoms with Gasteiger partial charge in [-0.15, -0.1) is 0 Å². The number of hydrogen-bond acceptors (Lipinski definition) is 5. The monoisotopic (exact) mass is 314 g/mol. The van der Waals surface area contributed by atoms with Gasteiger partial charge in [0.05, 0.1) is 6.20 Å². The van der Waals surface area contributed by atoms with Crippen molar-refractivity contribution in [3.05, 3.63) is 53.9 Å². The number of ether oxygens (including phenoxy) is 2. The van der Waals surface area contributed by atoms with Gasteiger partial charge in [-0.1, -0.05) is 30.3 Å². The number of benzene rings is 1. The van der Waals surface area contributed by atoms with Gasteiger partial charge >= 0.3 is 5.97 Å². The SMILES string of the molecule is CC(C(=O)OC(C)(C)C)c1nnccc1OCc1ccccc1. The van der Waals surface area contributed by atoms with Crippen molar-refractivity contribution in [3.63, 3.8) is 0 Å². The molecular weight excluding hydrogens is 292 g/mol. The number of carbonyl (C=O) groups is 1. The minimum absolute atomic E-state index is 0.345. The molecule has 5 nitrogen and oxygen atoms in total. The van der Waals surface area contributed by atoms with E-state index in [2.05, 4.69) is 10.2 Å². The van der Waals surface area contributed by atoms with Crippen molar-refractivity contribution in [2.75, 3.05) is 0 Å². The van der Waals surface area contributed by atoms with E-state index in [1.54, 1.807) is 19.2 Å². The van der Waals surface area contributed by atoms with Gasteiger partial charge < -0.3 is 9.47 Å². The van der Waals surface area contributed by atoms with Crippen LogP contribution in [0.25, 0.3) is 0 Å². The van der Waals surface area contributed by atoms with Crippen LogP contribution >= 0.6 is 0 Å². The summed E-state index contributed by atoms with van der Waals surface area (Å²) in [5, 5.41) is 7.93. The zero-order valence-electron chi connectivity index (χ0n) is 13.9. The van der Waals surface area contributed by atoms with Gasteiger partial charge in [0.1, 0.15) is 29.6 Å². The average Bonchev–Trinajstić information content (AvgIpc) is 2.52. The van der Waals surface area contributed by atoms with Gasteiger partial charge in [-0.25, -0.2) is 0 Å². The maximum absolute atomic E-state index is 12.2. The Balaban J connectivity index is 2.12. The summed E-state index contributed by atoms with van der Waals surface area (Å²) in [5.74, 6) is -0.349. The van der Waals surface area contributed by atoms with Crippen LogP contribution in [0.2, 0.25) is 0 Å². The molecule has 1 unspecified atom stereocenters. The van der Waals surface area contributed by atoms with Crippen LogP contribution in [0.5, 0.6) is 5.75 Å². The third-order valence-electron chi connectivity index (χ3n) is 3.12. The molecule has 0 aliphatic rings. The summed E-state index contributed by atoms with van der Waals surface area (Å²) in [6.07, 6.45) is 1.55. The maximum atomic E-state index is 12.2. The largest absolute Gasteiger partial charge is 0.487 e. The number of aromatic nitrogens is 2. The minimum Gasteiger partial charge on any atom is -0.487 e. The Hall–Kier alpha value is -2.43. The van der Waals surface area contributed by atoms with Crippen LogP contribution in [0.4, 0.5) is 0 Å². The van der Waals surface area contributed by atoms with Crippen LogP contribution in [-0.4, -0.2) is 21.8 Å². The summed E-state index contributed by atoms with van der Waals surface area (Å²) >= 11 is 0. The molecule has 0 aliphatic heterocycles. The van der Waals surface area contributed by atoms with Crippen molar-refractivity contribution in [2.45, 2.75) is 45.8 Å². The van der Waals surface area contributed by atoms with Gasteiger partial charge in [-0.3, -0.25) is 4.79 Å². The molecule has 0 spiro atoms. The van der Waals surface area contributed by atoms with Gasteiger partial charge in [0, 0.05) is 6.07 Å². The van der Waals surface area contributed by atoms with Crippen molar-refractivity contribution in [3.8, 4) is 5.75 Å². The Bertz CT molecular complexity index is 651. The molecule has 0 saturated carbocycles. The number of carbonyl (C=O) groups excluding carboxylic acids is 1. The average molecular weight is 314 g/mol. The van der Waals surface area contributed by atoms with E-state index in [0.717, 1.165) is 5.56 Å². The fourth-order valence-corrected chi connectivity index (χ4v) is 1.99. The highest BCUT2D eigenvalue weighted by Gasteiger charge is 2.26. The van der Waals surface area contributed by atoms with Crippen molar-refractivity contribution in [1.29, 1.82) is 0 Å². The molecule has 0 aliphatic carbocycles. The van der Waals surface area contributed by atoms with Crippen LogP contribution in [0.1, 0.15) is 44.9 Å². The van der Waals surface area contributed by atoms with Crippen molar-refractivity contribution >= 4 is 5.97 Å². The predicted octanol–water partition coefficient (Wildman–Crippen LogP) is 3.50. The summed E-state index contributed by atoms with van der Waals surface area (Å²) in [4.78, 5) is 12.2. The molecule has 2 aromatic rings. The fourth-order valence-electron chi connectivity index (χ4n) is 1.99. The van der Waals surface area contributed by atoms with Crippen molar-refractivity contribution in [2.24, 2.45) is 0 Å². The number of hydrogen-bond donors (Lipinski definition) is 0. The summed E-state index contributed by atoms with van der Waals surface area (Å²) in [7, 11) is 0. The highest BCUT2D eigenvalue weighted by atomic mass is 16.6. The quantitative estimate of drug-likeness (QED) is 0.790. The highest BCUT2D eigenvalue weighted by Crippen LogP contribution is 2.26. The first kappa shape index (κ1) is 16.9. The Labute approximate surface area is 136 Å². The standard InChI is InChI=1S/C18H22N2O3/c1-13(17(21)23-18(2,3)4)16-15(10-11-19-20-16)22-12-14-8-6-5-7-9-14/h5-11,13H,12H2,1-4H3. The number of nitrogens with zero attached hydrogens (tertiary/aromatic N) is 2. The smallest absolute Gasteiger partial charge is 0.315 e. The minimum atomic E-state index is -0.548. The lowest BCUT2D eigenvalue weighted by atomic mass is 10.1. The second-order valence-corrected chi connectivity index (χ2v) is 6.31. The van der Waals surface area contributed by atoms with E-state index in [9.17, 15) is 4.79 Å². The fraction of sp³-hybridized carbons (Fsp3) is 0.389. The molecule has 1 atom stereocenters. The van der Waals surface area contributed by atoms with Crippen LogP contribution in [0, 0.1) is 0 Å². The second kappa shape index (κ2) is 7.22. The van der Waals surface area contributed by atoms with Crippen LogP contribution < -0.4 is 4.74 Å². The molecule has 1 aromatic heterocycles. The van der Waals surface area contributed by atoms with Gasteiger partial charge in [-0.2, -0.15) is 10.2 Å². The maximum Gasteiger partial charge on any atom is 0.315 e. The first-order valence-corrected chi connectivity index (χ1v) is 7.58. The van der Waals surface area contributed by atoms with Gasteiger partial charge in [0.25, 0.3) is 0 Å². The summed E-state index contributed by atoms with van der Waals surface area (Å²) in [5.41, 5.74) is 0.983. The molecule has 1 aromatic carbocycles. The molecule has 0 amide bonds. The Morgan fingerprint density at radius 3 is 2.52 bits per heavy atom. The lowest BCUT2D eigenvalue weighted by Gasteiger charge is -2.22. The molecule has 5 heteroatoms. The Morgan fingerprint density at radius 1 is 1.17 bits per heavy atom. The lowest BCUT2D eigenvalue weighted by Crippen LogP contribution is -2.27. The number of rotatable bonds is 5. The molecule has 0 fully saturated rings. The highest BCUT2D eigenvalue weighted by molar-refractivity contribution is 5.78.